The van der Waals surface area contributed by atoms with Crippen LogP contribution in [-0.4, -0.2) is 50.1 Å². The van der Waals surface area contributed by atoms with Crippen molar-refractivity contribution in [1.29, 1.82) is 0 Å². The summed E-state index contributed by atoms with van der Waals surface area (Å²) in [6.45, 7) is 1.13. The maximum atomic E-state index is 11.3. The van der Waals surface area contributed by atoms with Crippen molar-refractivity contribution in [2.75, 3.05) is 26.9 Å². The number of ether oxygens (including phenoxy) is 2. The van der Waals surface area contributed by atoms with Crippen LogP contribution in [0.25, 0.3) is 0 Å². The molecule has 0 heterocycles. The quantitative estimate of drug-likeness (QED) is 0.635. The molecule has 0 aromatic heterocycles. The van der Waals surface area contributed by atoms with E-state index >= 15 is 0 Å². The van der Waals surface area contributed by atoms with E-state index in [4.69, 9.17) is 9.47 Å². The summed E-state index contributed by atoms with van der Waals surface area (Å²) in [5.41, 5.74) is 0. The Labute approximate surface area is 96.1 Å². The molecule has 0 saturated heterocycles. The SMILES string of the molecule is COCCNC(=O)COC1CCC(O)CC1. The van der Waals surface area contributed by atoms with E-state index in [-0.39, 0.29) is 24.7 Å². The number of carbonyl (C=O) groups excluding carboxylic acids is 1. The fourth-order valence-electron chi connectivity index (χ4n) is 1.75. The summed E-state index contributed by atoms with van der Waals surface area (Å²) < 4.78 is 10.3. The highest BCUT2D eigenvalue weighted by Gasteiger charge is 2.20. The van der Waals surface area contributed by atoms with Crippen molar-refractivity contribution in [2.45, 2.75) is 37.9 Å². The predicted octanol–water partition coefficient (Wildman–Crippen LogP) is 0.0691. The van der Waals surface area contributed by atoms with Crippen LogP contribution in [0.2, 0.25) is 0 Å². The van der Waals surface area contributed by atoms with Gasteiger partial charge in [-0.3, -0.25) is 4.79 Å². The van der Waals surface area contributed by atoms with Gasteiger partial charge in [0.15, 0.2) is 0 Å². The summed E-state index contributed by atoms with van der Waals surface area (Å²) in [7, 11) is 1.59. The van der Waals surface area contributed by atoms with Crippen LogP contribution in [0.3, 0.4) is 0 Å². The first-order valence-corrected chi connectivity index (χ1v) is 5.77. The van der Waals surface area contributed by atoms with Crippen LogP contribution < -0.4 is 5.32 Å². The minimum absolute atomic E-state index is 0.102. The summed E-state index contributed by atoms with van der Waals surface area (Å²) in [5.74, 6) is -0.108. The van der Waals surface area contributed by atoms with Crippen LogP contribution >= 0.6 is 0 Å². The lowest BCUT2D eigenvalue weighted by atomic mass is 9.95. The number of carbonyl (C=O) groups is 1. The smallest absolute Gasteiger partial charge is 0.246 e. The number of amides is 1. The standard InChI is InChI=1S/C11H21NO4/c1-15-7-6-12-11(14)8-16-10-4-2-9(13)3-5-10/h9-10,13H,2-8H2,1H3,(H,12,14). The molecule has 1 fully saturated rings. The van der Waals surface area contributed by atoms with Crippen LogP contribution in [0.5, 0.6) is 0 Å². The van der Waals surface area contributed by atoms with Gasteiger partial charge in [0, 0.05) is 13.7 Å². The summed E-state index contributed by atoms with van der Waals surface area (Å²) in [6.07, 6.45) is 3.16. The molecule has 0 bridgehead atoms. The molecule has 1 amide bonds. The zero-order chi connectivity index (χ0) is 11.8. The molecule has 5 nitrogen and oxygen atoms in total. The van der Waals surface area contributed by atoms with E-state index in [1.165, 1.54) is 0 Å². The van der Waals surface area contributed by atoms with Crippen LogP contribution in [0.1, 0.15) is 25.7 Å². The molecule has 0 radical (unpaired) electrons. The van der Waals surface area contributed by atoms with Gasteiger partial charge in [-0.05, 0) is 25.7 Å². The van der Waals surface area contributed by atoms with Gasteiger partial charge in [-0.15, -0.1) is 0 Å². The highest BCUT2D eigenvalue weighted by molar-refractivity contribution is 5.77. The maximum Gasteiger partial charge on any atom is 0.246 e. The van der Waals surface area contributed by atoms with E-state index in [0.717, 1.165) is 25.7 Å². The second kappa shape index (κ2) is 7.60. The van der Waals surface area contributed by atoms with Crippen molar-refractivity contribution < 1.29 is 19.4 Å². The molecule has 0 aliphatic heterocycles. The first-order valence-electron chi connectivity index (χ1n) is 5.77. The van der Waals surface area contributed by atoms with Gasteiger partial charge in [-0.1, -0.05) is 0 Å². The highest BCUT2D eigenvalue weighted by atomic mass is 16.5. The molecule has 94 valence electrons. The molecule has 2 N–H and O–H groups in total. The Bertz CT molecular complexity index is 202. The summed E-state index contributed by atoms with van der Waals surface area (Å²) in [4.78, 5) is 11.3. The fourth-order valence-corrected chi connectivity index (χ4v) is 1.75. The topological polar surface area (TPSA) is 67.8 Å². The number of nitrogens with one attached hydrogen (secondary N) is 1. The van der Waals surface area contributed by atoms with Gasteiger partial charge in [0.2, 0.25) is 5.91 Å². The largest absolute Gasteiger partial charge is 0.393 e. The first kappa shape index (κ1) is 13.4. The molecule has 16 heavy (non-hydrogen) atoms. The van der Waals surface area contributed by atoms with E-state index in [0.29, 0.717) is 13.2 Å². The number of aliphatic hydroxyl groups is 1. The van der Waals surface area contributed by atoms with Crippen molar-refractivity contribution in [2.24, 2.45) is 0 Å². The zero-order valence-electron chi connectivity index (χ0n) is 9.78. The summed E-state index contributed by atoms with van der Waals surface area (Å²) >= 11 is 0. The minimum Gasteiger partial charge on any atom is -0.393 e. The molecular formula is C11H21NO4. The Morgan fingerprint density at radius 2 is 2.06 bits per heavy atom. The van der Waals surface area contributed by atoms with Gasteiger partial charge in [0.05, 0.1) is 18.8 Å². The molecule has 0 spiro atoms. The van der Waals surface area contributed by atoms with E-state index in [1.807, 2.05) is 0 Å². The fraction of sp³-hybridized carbons (Fsp3) is 0.909. The van der Waals surface area contributed by atoms with Crippen LogP contribution in [0, 0.1) is 0 Å². The third-order valence-corrected chi connectivity index (χ3v) is 2.72. The average molecular weight is 231 g/mol. The minimum atomic E-state index is -0.185. The molecule has 0 aromatic rings. The molecule has 5 heteroatoms. The van der Waals surface area contributed by atoms with Gasteiger partial charge in [-0.2, -0.15) is 0 Å². The molecule has 1 saturated carbocycles. The van der Waals surface area contributed by atoms with Gasteiger partial charge >= 0.3 is 0 Å². The lowest BCUT2D eigenvalue weighted by Gasteiger charge is -2.25. The molecule has 0 aromatic carbocycles. The monoisotopic (exact) mass is 231 g/mol. The van der Waals surface area contributed by atoms with Crippen LogP contribution in [0.4, 0.5) is 0 Å². The highest BCUT2D eigenvalue weighted by Crippen LogP contribution is 2.20. The molecule has 1 rings (SSSR count). The van der Waals surface area contributed by atoms with E-state index in [2.05, 4.69) is 5.32 Å². The lowest BCUT2D eigenvalue weighted by Crippen LogP contribution is -2.33. The van der Waals surface area contributed by atoms with E-state index in [1.54, 1.807) is 7.11 Å². The average Bonchev–Trinajstić information content (AvgIpc) is 2.29. The third kappa shape index (κ3) is 5.44. The Hall–Kier alpha value is -0.650. The predicted molar refractivity (Wildman–Crippen MR) is 59.1 cm³/mol. The number of hydrogen-bond donors (Lipinski definition) is 2. The van der Waals surface area contributed by atoms with Crippen molar-refractivity contribution in [3.8, 4) is 0 Å². The Morgan fingerprint density at radius 3 is 2.69 bits per heavy atom. The van der Waals surface area contributed by atoms with Gasteiger partial charge in [-0.25, -0.2) is 0 Å². The molecule has 0 unspecified atom stereocenters. The van der Waals surface area contributed by atoms with Crippen LogP contribution in [0.15, 0.2) is 0 Å². The van der Waals surface area contributed by atoms with Gasteiger partial charge in [0.25, 0.3) is 0 Å². The Balaban J connectivity index is 2.03. The van der Waals surface area contributed by atoms with E-state index < -0.39 is 0 Å². The second-order valence-corrected chi connectivity index (χ2v) is 4.08. The van der Waals surface area contributed by atoms with Crippen molar-refractivity contribution in [3.05, 3.63) is 0 Å². The number of aliphatic hydroxyl groups excluding tert-OH is 1. The van der Waals surface area contributed by atoms with Gasteiger partial charge in [0.1, 0.15) is 6.61 Å². The summed E-state index contributed by atoms with van der Waals surface area (Å²) in [5, 5.41) is 12.0. The third-order valence-electron chi connectivity index (χ3n) is 2.72. The normalized spacial score (nSPS) is 25.4. The van der Waals surface area contributed by atoms with Crippen molar-refractivity contribution in [1.82, 2.24) is 5.32 Å². The number of methoxy groups -OCH3 is 1. The number of rotatable bonds is 6. The van der Waals surface area contributed by atoms with Crippen LogP contribution in [-0.2, 0) is 14.3 Å². The second-order valence-electron chi connectivity index (χ2n) is 4.08. The zero-order valence-corrected chi connectivity index (χ0v) is 9.78. The maximum absolute atomic E-state index is 11.3. The Kier molecular flexibility index (Phi) is 6.37. The first-order chi connectivity index (χ1) is 7.72. The molecule has 1 aliphatic carbocycles. The molecule has 1 aliphatic rings. The lowest BCUT2D eigenvalue weighted by molar-refractivity contribution is -0.129. The summed E-state index contributed by atoms with van der Waals surface area (Å²) in [6, 6.07) is 0. The molecular weight excluding hydrogens is 210 g/mol. The van der Waals surface area contributed by atoms with Crippen molar-refractivity contribution >= 4 is 5.91 Å². The Morgan fingerprint density at radius 1 is 1.38 bits per heavy atom. The number of hydrogen-bond acceptors (Lipinski definition) is 4. The van der Waals surface area contributed by atoms with Gasteiger partial charge < -0.3 is 19.9 Å². The molecule has 0 atom stereocenters. The van der Waals surface area contributed by atoms with Crippen molar-refractivity contribution in [3.63, 3.8) is 0 Å². The van der Waals surface area contributed by atoms with E-state index in [9.17, 15) is 9.90 Å².